The van der Waals surface area contributed by atoms with E-state index in [1.165, 1.54) is 4.68 Å². The Morgan fingerprint density at radius 2 is 1.95 bits per heavy atom. The Balaban J connectivity index is 1.77. The summed E-state index contributed by atoms with van der Waals surface area (Å²) in [6.45, 7) is 0. The lowest BCUT2D eigenvalue weighted by molar-refractivity contribution is 0.543. The lowest BCUT2D eigenvalue weighted by atomic mass is 10.2. The normalized spacial score (nSPS) is 11.0. The number of anilines is 1. The second-order valence-corrected chi connectivity index (χ2v) is 4.60. The molecule has 2 aromatic carbocycles. The Bertz CT molecular complexity index is 891. The molecular weight excluding hydrogens is 266 g/mol. The minimum atomic E-state index is 0.388. The van der Waals surface area contributed by atoms with Gasteiger partial charge in [0.25, 0.3) is 0 Å². The number of nitrogens with two attached hydrogens (primary N) is 1. The van der Waals surface area contributed by atoms with Gasteiger partial charge in [-0.3, -0.25) is 0 Å². The van der Waals surface area contributed by atoms with E-state index in [4.69, 9.17) is 10.2 Å². The smallest absolute Gasteiger partial charge is 0.325 e. The highest BCUT2D eigenvalue weighted by molar-refractivity contribution is 5.73. The van der Waals surface area contributed by atoms with Crippen LogP contribution in [-0.2, 0) is 0 Å². The molecule has 21 heavy (non-hydrogen) atoms. The molecule has 102 valence electrons. The number of hydrogen-bond acceptors (Lipinski definition) is 5. The first-order valence-corrected chi connectivity index (χ1v) is 6.43. The molecule has 0 unspecified atom stereocenters. The SMILES string of the molecule is Nc1cccc(-c2ncn(-c3nc4ccccc4o3)n2)c1. The number of para-hydroxylation sites is 2. The highest BCUT2D eigenvalue weighted by Crippen LogP contribution is 2.20. The molecule has 0 fully saturated rings. The molecule has 6 nitrogen and oxygen atoms in total. The van der Waals surface area contributed by atoms with E-state index in [0.717, 1.165) is 11.1 Å². The van der Waals surface area contributed by atoms with E-state index in [0.29, 0.717) is 23.1 Å². The third-order valence-corrected chi connectivity index (χ3v) is 3.12. The van der Waals surface area contributed by atoms with Crippen molar-refractivity contribution in [2.45, 2.75) is 0 Å². The van der Waals surface area contributed by atoms with Gasteiger partial charge in [0.1, 0.15) is 11.8 Å². The van der Waals surface area contributed by atoms with Gasteiger partial charge in [0.2, 0.25) is 0 Å². The number of oxazole rings is 1. The highest BCUT2D eigenvalue weighted by atomic mass is 16.4. The van der Waals surface area contributed by atoms with Crippen LogP contribution in [0, 0.1) is 0 Å². The Hall–Kier alpha value is -3.15. The first kappa shape index (κ1) is 11.7. The summed E-state index contributed by atoms with van der Waals surface area (Å²) in [5, 5.41) is 4.38. The van der Waals surface area contributed by atoms with Gasteiger partial charge >= 0.3 is 6.01 Å². The Labute approximate surface area is 119 Å². The van der Waals surface area contributed by atoms with E-state index < -0.39 is 0 Å². The summed E-state index contributed by atoms with van der Waals surface area (Å²) >= 11 is 0. The maximum atomic E-state index is 5.77. The highest BCUT2D eigenvalue weighted by Gasteiger charge is 2.11. The van der Waals surface area contributed by atoms with E-state index in [2.05, 4.69) is 15.1 Å². The number of nitrogen functional groups attached to an aromatic ring is 1. The second kappa shape index (κ2) is 4.45. The van der Waals surface area contributed by atoms with Gasteiger partial charge in [0, 0.05) is 11.3 Å². The molecule has 4 rings (SSSR count). The summed E-state index contributed by atoms with van der Waals surface area (Å²) in [7, 11) is 0. The monoisotopic (exact) mass is 277 g/mol. The summed E-state index contributed by atoms with van der Waals surface area (Å²) in [6, 6.07) is 15.4. The van der Waals surface area contributed by atoms with E-state index in [1.54, 1.807) is 6.33 Å². The van der Waals surface area contributed by atoms with Crippen molar-refractivity contribution in [2.24, 2.45) is 0 Å². The van der Waals surface area contributed by atoms with Gasteiger partial charge in [-0.15, -0.1) is 5.10 Å². The molecule has 0 spiro atoms. The second-order valence-electron chi connectivity index (χ2n) is 4.60. The quantitative estimate of drug-likeness (QED) is 0.569. The van der Waals surface area contributed by atoms with Crippen LogP contribution in [-0.4, -0.2) is 19.7 Å². The molecule has 2 heterocycles. The lowest BCUT2D eigenvalue weighted by Crippen LogP contribution is -1.95. The molecule has 0 aliphatic carbocycles. The summed E-state index contributed by atoms with van der Waals surface area (Å²) in [6.07, 6.45) is 1.57. The molecule has 0 amide bonds. The van der Waals surface area contributed by atoms with Crippen molar-refractivity contribution in [1.82, 2.24) is 19.7 Å². The molecule has 2 N–H and O–H groups in total. The molecule has 0 atom stereocenters. The number of hydrogen-bond donors (Lipinski definition) is 1. The molecule has 0 bridgehead atoms. The van der Waals surface area contributed by atoms with Crippen LogP contribution in [0.2, 0.25) is 0 Å². The number of nitrogens with zero attached hydrogens (tertiary/aromatic N) is 4. The Kier molecular flexibility index (Phi) is 2.47. The third kappa shape index (κ3) is 2.02. The molecule has 0 aliphatic heterocycles. The zero-order chi connectivity index (χ0) is 14.2. The van der Waals surface area contributed by atoms with Crippen molar-refractivity contribution in [3.8, 4) is 17.4 Å². The predicted molar refractivity (Wildman–Crippen MR) is 78.8 cm³/mol. The van der Waals surface area contributed by atoms with Crippen LogP contribution in [0.5, 0.6) is 0 Å². The van der Waals surface area contributed by atoms with Crippen molar-refractivity contribution in [3.63, 3.8) is 0 Å². The molecule has 4 aromatic rings. The summed E-state index contributed by atoms with van der Waals surface area (Å²) in [4.78, 5) is 8.65. The van der Waals surface area contributed by atoms with Crippen molar-refractivity contribution in [1.29, 1.82) is 0 Å². The van der Waals surface area contributed by atoms with Gasteiger partial charge in [0.05, 0.1) is 0 Å². The predicted octanol–water partition coefficient (Wildman–Crippen LogP) is 2.66. The maximum Gasteiger partial charge on any atom is 0.325 e. The van der Waals surface area contributed by atoms with Gasteiger partial charge in [-0.1, -0.05) is 24.3 Å². The number of fused-ring (bicyclic) bond motifs is 1. The fourth-order valence-corrected chi connectivity index (χ4v) is 2.12. The van der Waals surface area contributed by atoms with E-state index in [1.807, 2.05) is 48.5 Å². The average Bonchev–Trinajstić information content (AvgIpc) is 3.14. The van der Waals surface area contributed by atoms with Crippen LogP contribution in [0.4, 0.5) is 5.69 Å². The number of rotatable bonds is 2. The molecule has 0 aliphatic rings. The van der Waals surface area contributed by atoms with E-state index >= 15 is 0 Å². The van der Waals surface area contributed by atoms with Gasteiger partial charge in [-0.25, -0.2) is 4.98 Å². The molecule has 0 saturated carbocycles. The van der Waals surface area contributed by atoms with Crippen molar-refractivity contribution < 1.29 is 4.42 Å². The van der Waals surface area contributed by atoms with E-state index in [9.17, 15) is 0 Å². The largest absolute Gasteiger partial charge is 0.422 e. The topological polar surface area (TPSA) is 82.8 Å². The fraction of sp³-hybridized carbons (Fsp3) is 0. The fourth-order valence-electron chi connectivity index (χ4n) is 2.12. The van der Waals surface area contributed by atoms with Crippen molar-refractivity contribution in [2.75, 3.05) is 5.73 Å². The Morgan fingerprint density at radius 3 is 2.81 bits per heavy atom. The minimum Gasteiger partial charge on any atom is -0.422 e. The summed E-state index contributed by atoms with van der Waals surface area (Å²) in [5.41, 5.74) is 8.80. The van der Waals surface area contributed by atoms with Crippen molar-refractivity contribution >= 4 is 16.8 Å². The van der Waals surface area contributed by atoms with E-state index in [-0.39, 0.29) is 0 Å². The van der Waals surface area contributed by atoms with Crippen LogP contribution in [0.25, 0.3) is 28.5 Å². The molecule has 2 aromatic heterocycles. The minimum absolute atomic E-state index is 0.388. The maximum absolute atomic E-state index is 5.77. The molecule has 6 heteroatoms. The number of benzene rings is 2. The first-order chi connectivity index (χ1) is 10.3. The van der Waals surface area contributed by atoms with Crippen LogP contribution >= 0.6 is 0 Å². The number of aromatic nitrogens is 4. The zero-order valence-electron chi connectivity index (χ0n) is 11.0. The standard InChI is InChI=1S/C15H11N5O/c16-11-5-3-4-10(8-11)14-17-9-20(19-14)15-18-12-6-1-2-7-13(12)21-15/h1-9H,16H2. The summed E-state index contributed by atoms with van der Waals surface area (Å²) < 4.78 is 7.16. The Morgan fingerprint density at radius 1 is 1.05 bits per heavy atom. The van der Waals surface area contributed by atoms with Gasteiger partial charge < -0.3 is 10.2 Å². The van der Waals surface area contributed by atoms with Crippen LogP contribution in [0.3, 0.4) is 0 Å². The molecule has 0 saturated heterocycles. The molecule has 0 radical (unpaired) electrons. The van der Waals surface area contributed by atoms with Crippen LogP contribution < -0.4 is 5.73 Å². The zero-order valence-corrected chi connectivity index (χ0v) is 11.0. The molecular formula is C15H11N5O. The van der Waals surface area contributed by atoms with Crippen LogP contribution in [0.15, 0.2) is 59.3 Å². The van der Waals surface area contributed by atoms with Crippen molar-refractivity contribution in [3.05, 3.63) is 54.9 Å². The summed E-state index contributed by atoms with van der Waals surface area (Å²) in [5.74, 6) is 0.574. The third-order valence-electron chi connectivity index (χ3n) is 3.12. The first-order valence-electron chi connectivity index (χ1n) is 6.43. The van der Waals surface area contributed by atoms with Crippen LogP contribution in [0.1, 0.15) is 0 Å². The van der Waals surface area contributed by atoms with Gasteiger partial charge in [-0.05, 0) is 24.3 Å². The van der Waals surface area contributed by atoms with Gasteiger partial charge in [-0.2, -0.15) is 9.67 Å². The average molecular weight is 277 g/mol. The lowest BCUT2D eigenvalue weighted by Gasteiger charge is -1.96. The van der Waals surface area contributed by atoms with Gasteiger partial charge in [0.15, 0.2) is 11.4 Å².